The monoisotopic (exact) mass is 337 g/mol. The molecule has 1 aromatic carbocycles. The molecule has 0 saturated carbocycles. The second-order valence-corrected chi connectivity index (χ2v) is 5.30. The van der Waals surface area contributed by atoms with E-state index in [1.807, 2.05) is 24.0 Å². The van der Waals surface area contributed by atoms with E-state index in [0.717, 1.165) is 16.5 Å². The van der Waals surface area contributed by atoms with Crippen molar-refractivity contribution in [3.63, 3.8) is 0 Å². The molecule has 2 rings (SSSR count). The molecule has 0 spiro atoms. The molecule has 3 nitrogen and oxygen atoms in total. The Hall–Kier alpha value is -1.46. The lowest BCUT2D eigenvalue weighted by atomic mass is 10.2. The Labute approximate surface area is 126 Å². The molecule has 0 fully saturated rings. The molecule has 2 N–H and O–H groups in total. The van der Waals surface area contributed by atoms with E-state index in [4.69, 9.17) is 5.73 Å². The first-order valence-corrected chi connectivity index (χ1v) is 7.27. The molecular formula is C15H17BrFN3. The number of aryl methyl sites for hydroxylation is 1. The smallest absolute Gasteiger partial charge is 0.147 e. The Morgan fingerprint density at radius 3 is 2.75 bits per heavy atom. The molecule has 1 heterocycles. The van der Waals surface area contributed by atoms with Crippen molar-refractivity contribution in [3.05, 3.63) is 52.4 Å². The van der Waals surface area contributed by atoms with Gasteiger partial charge in [0.2, 0.25) is 0 Å². The van der Waals surface area contributed by atoms with Gasteiger partial charge in [-0.25, -0.2) is 9.37 Å². The summed E-state index contributed by atoms with van der Waals surface area (Å²) in [5.74, 6) is 0.447. The van der Waals surface area contributed by atoms with Crippen molar-refractivity contribution in [1.29, 1.82) is 0 Å². The SMILES string of the molecule is Cc1ccnc(N(CCCN)c2ccccc2F)c1Br. The van der Waals surface area contributed by atoms with Crippen LogP contribution in [0.4, 0.5) is 15.9 Å². The molecular weight excluding hydrogens is 321 g/mol. The molecule has 20 heavy (non-hydrogen) atoms. The molecule has 5 heteroatoms. The Bertz CT molecular complexity index is 589. The first-order valence-electron chi connectivity index (χ1n) is 6.48. The van der Waals surface area contributed by atoms with Crippen molar-refractivity contribution in [2.45, 2.75) is 13.3 Å². The maximum absolute atomic E-state index is 14.1. The van der Waals surface area contributed by atoms with Gasteiger partial charge in [0.15, 0.2) is 0 Å². The summed E-state index contributed by atoms with van der Waals surface area (Å²) in [7, 11) is 0. The van der Waals surface area contributed by atoms with E-state index in [9.17, 15) is 4.39 Å². The van der Waals surface area contributed by atoms with Crippen molar-refractivity contribution < 1.29 is 4.39 Å². The van der Waals surface area contributed by atoms with Crippen molar-refractivity contribution in [1.82, 2.24) is 4.98 Å². The van der Waals surface area contributed by atoms with Gasteiger partial charge in [0, 0.05) is 12.7 Å². The fourth-order valence-electron chi connectivity index (χ4n) is 1.97. The molecule has 0 aliphatic carbocycles. The molecule has 0 aliphatic rings. The molecule has 0 atom stereocenters. The average molecular weight is 338 g/mol. The zero-order valence-corrected chi connectivity index (χ0v) is 12.9. The number of hydrogen-bond acceptors (Lipinski definition) is 3. The largest absolute Gasteiger partial charge is 0.330 e. The highest BCUT2D eigenvalue weighted by Crippen LogP contribution is 2.33. The normalized spacial score (nSPS) is 10.6. The molecule has 0 unspecified atom stereocenters. The van der Waals surface area contributed by atoms with Gasteiger partial charge in [0.05, 0.1) is 10.2 Å². The fourth-order valence-corrected chi connectivity index (χ4v) is 2.42. The highest BCUT2D eigenvalue weighted by Gasteiger charge is 2.17. The number of benzene rings is 1. The van der Waals surface area contributed by atoms with Gasteiger partial charge in [-0.1, -0.05) is 12.1 Å². The third-order valence-corrected chi connectivity index (χ3v) is 4.03. The third kappa shape index (κ3) is 3.16. The summed E-state index contributed by atoms with van der Waals surface area (Å²) < 4.78 is 14.9. The van der Waals surface area contributed by atoms with Gasteiger partial charge in [-0.3, -0.25) is 0 Å². The van der Waals surface area contributed by atoms with E-state index in [1.54, 1.807) is 18.3 Å². The van der Waals surface area contributed by atoms with Crippen LogP contribution in [0.2, 0.25) is 0 Å². The minimum absolute atomic E-state index is 0.264. The summed E-state index contributed by atoms with van der Waals surface area (Å²) in [6.07, 6.45) is 2.49. The highest BCUT2D eigenvalue weighted by atomic mass is 79.9. The number of nitrogens with two attached hydrogens (primary N) is 1. The summed E-state index contributed by atoms with van der Waals surface area (Å²) >= 11 is 3.54. The van der Waals surface area contributed by atoms with Crippen molar-refractivity contribution in [2.75, 3.05) is 18.0 Å². The molecule has 106 valence electrons. The second-order valence-electron chi connectivity index (χ2n) is 4.51. The van der Waals surface area contributed by atoms with Crippen molar-refractivity contribution in [3.8, 4) is 0 Å². The molecule has 0 aliphatic heterocycles. The van der Waals surface area contributed by atoms with Crippen LogP contribution in [0.15, 0.2) is 41.0 Å². The van der Waals surface area contributed by atoms with Gasteiger partial charge in [0.1, 0.15) is 11.6 Å². The van der Waals surface area contributed by atoms with Crippen molar-refractivity contribution in [2.24, 2.45) is 5.73 Å². The lowest BCUT2D eigenvalue weighted by molar-refractivity contribution is 0.622. The fraction of sp³-hybridized carbons (Fsp3) is 0.267. The Morgan fingerprint density at radius 2 is 2.05 bits per heavy atom. The van der Waals surface area contributed by atoms with E-state index in [0.29, 0.717) is 24.6 Å². The number of para-hydroxylation sites is 1. The Morgan fingerprint density at radius 1 is 1.30 bits per heavy atom. The van der Waals surface area contributed by atoms with Gasteiger partial charge in [-0.05, 0) is 59.6 Å². The van der Waals surface area contributed by atoms with E-state index < -0.39 is 0 Å². The van der Waals surface area contributed by atoms with Gasteiger partial charge in [0.25, 0.3) is 0 Å². The standard InChI is InChI=1S/C15H17BrFN3/c1-11-7-9-19-15(14(11)16)20(10-4-8-18)13-6-3-2-5-12(13)17/h2-3,5-7,9H,4,8,10,18H2,1H3. The minimum Gasteiger partial charge on any atom is -0.330 e. The molecule has 0 bridgehead atoms. The lowest BCUT2D eigenvalue weighted by Gasteiger charge is -2.25. The summed E-state index contributed by atoms with van der Waals surface area (Å²) in [4.78, 5) is 6.24. The number of rotatable bonds is 5. The summed E-state index contributed by atoms with van der Waals surface area (Å²) in [6, 6.07) is 8.61. The zero-order chi connectivity index (χ0) is 14.5. The van der Waals surface area contributed by atoms with Gasteiger partial charge >= 0.3 is 0 Å². The highest BCUT2D eigenvalue weighted by molar-refractivity contribution is 9.10. The molecule has 0 radical (unpaired) electrons. The number of anilines is 2. The van der Waals surface area contributed by atoms with Crippen LogP contribution < -0.4 is 10.6 Å². The molecule has 1 aromatic heterocycles. The van der Waals surface area contributed by atoms with E-state index in [1.165, 1.54) is 6.07 Å². The van der Waals surface area contributed by atoms with Crippen LogP contribution in [-0.2, 0) is 0 Å². The quantitative estimate of drug-likeness (QED) is 0.902. The van der Waals surface area contributed by atoms with E-state index >= 15 is 0 Å². The maximum Gasteiger partial charge on any atom is 0.147 e. The van der Waals surface area contributed by atoms with Gasteiger partial charge < -0.3 is 10.6 Å². The summed E-state index contributed by atoms with van der Waals surface area (Å²) in [6.45, 7) is 3.15. The number of nitrogens with zero attached hydrogens (tertiary/aromatic N) is 2. The van der Waals surface area contributed by atoms with Crippen LogP contribution in [0.1, 0.15) is 12.0 Å². The van der Waals surface area contributed by atoms with Crippen LogP contribution in [0.3, 0.4) is 0 Å². The number of aromatic nitrogens is 1. The van der Waals surface area contributed by atoms with Crippen LogP contribution >= 0.6 is 15.9 Å². The van der Waals surface area contributed by atoms with Gasteiger partial charge in [-0.15, -0.1) is 0 Å². The Kier molecular flexibility index (Phi) is 5.09. The first kappa shape index (κ1) is 14.9. The Balaban J connectivity index is 2.47. The van der Waals surface area contributed by atoms with Crippen LogP contribution in [0.25, 0.3) is 0 Å². The van der Waals surface area contributed by atoms with Crippen LogP contribution in [0, 0.1) is 12.7 Å². The molecule has 2 aromatic rings. The van der Waals surface area contributed by atoms with E-state index in [-0.39, 0.29) is 5.82 Å². The topological polar surface area (TPSA) is 42.2 Å². The number of halogens is 2. The maximum atomic E-state index is 14.1. The zero-order valence-electron chi connectivity index (χ0n) is 11.3. The van der Waals surface area contributed by atoms with Crippen LogP contribution in [-0.4, -0.2) is 18.1 Å². The molecule has 0 amide bonds. The third-order valence-electron chi connectivity index (χ3n) is 3.05. The second kappa shape index (κ2) is 6.81. The molecule has 0 saturated heterocycles. The minimum atomic E-state index is -0.264. The predicted molar refractivity (Wildman–Crippen MR) is 83.8 cm³/mol. The predicted octanol–water partition coefficient (Wildman–Crippen LogP) is 3.78. The average Bonchev–Trinajstić information content (AvgIpc) is 2.45. The summed E-state index contributed by atoms with van der Waals surface area (Å²) in [5, 5.41) is 0. The lowest BCUT2D eigenvalue weighted by Crippen LogP contribution is -2.23. The number of hydrogen-bond donors (Lipinski definition) is 1. The van der Waals surface area contributed by atoms with Gasteiger partial charge in [-0.2, -0.15) is 0 Å². The number of pyridine rings is 1. The summed E-state index contributed by atoms with van der Waals surface area (Å²) in [5.41, 5.74) is 7.16. The first-order chi connectivity index (χ1) is 9.65. The van der Waals surface area contributed by atoms with E-state index in [2.05, 4.69) is 20.9 Å². The van der Waals surface area contributed by atoms with Crippen molar-refractivity contribution >= 4 is 27.4 Å². The van der Waals surface area contributed by atoms with Crippen LogP contribution in [0.5, 0.6) is 0 Å².